The summed E-state index contributed by atoms with van der Waals surface area (Å²) < 4.78 is 0. The standard InChI is InChI=1S/C9H9N7O/c1-10-7-5-12-6(4-13-7)8(17)15-9-11-2-3-14-16-9/h2-5H,1H3,(H,10,13)(H,11,15,16,17). The fourth-order valence-corrected chi connectivity index (χ4v) is 1.04. The van der Waals surface area contributed by atoms with Gasteiger partial charge in [-0.3, -0.25) is 10.1 Å². The molecule has 0 saturated heterocycles. The number of anilines is 2. The molecule has 0 fully saturated rings. The molecule has 0 aromatic carbocycles. The van der Waals surface area contributed by atoms with Gasteiger partial charge < -0.3 is 5.32 Å². The van der Waals surface area contributed by atoms with Crippen LogP contribution in [0.1, 0.15) is 10.5 Å². The zero-order valence-electron chi connectivity index (χ0n) is 8.95. The third-order valence-corrected chi connectivity index (χ3v) is 1.85. The molecule has 2 N–H and O–H groups in total. The molecule has 0 aliphatic heterocycles. The van der Waals surface area contributed by atoms with E-state index in [1.54, 1.807) is 7.05 Å². The Bertz CT molecular complexity index is 499. The Hall–Kier alpha value is -2.64. The topological polar surface area (TPSA) is 106 Å². The van der Waals surface area contributed by atoms with E-state index in [0.29, 0.717) is 5.82 Å². The molecule has 8 nitrogen and oxygen atoms in total. The van der Waals surface area contributed by atoms with E-state index in [-0.39, 0.29) is 11.6 Å². The van der Waals surface area contributed by atoms with Crippen LogP contribution >= 0.6 is 0 Å². The van der Waals surface area contributed by atoms with Crippen molar-refractivity contribution in [2.24, 2.45) is 0 Å². The summed E-state index contributed by atoms with van der Waals surface area (Å²) in [5.74, 6) is 0.268. The number of amides is 1. The van der Waals surface area contributed by atoms with Gasteiger partial charge in [0.25, 0.3) is 5.91 Å². The Morgan fingerprint density at radius 1 is 1.18 bits per heavy atom. The molecule has 86 valence electrons. The lowest BCUT2D eigenvalue weighted by Crippen LogP contribution is -2.16. The van der Waals surface area contributed by atoms with Gasteiger partial charge in [-0.2, -0.15) is 5.10 Å². The lowest BCUT2D eigenvalue weighted by Gasteiger charge is -2.02. The quantitative estimate of drug-likeness (QED) is 0.763. The van der Waals surface area contributed by atoms with Gasteiger partial charge in [0.2, 0.25) is 5.95 Å². The summed E-state index contributed by atoms with van der Waals surface area (Å²) in [6.45, 7) is 0. The Morgan fingerprint density at radius 3 is 2.65 bits per heavy atom. The van der Waals surface area contributed by atoms with Crippen molar-refractivity contribution < 1.29 is 4.79 Å². The van der Waals surface area contributed by atoms with Crippen molar-refractivity contribution in [3.05, 3.63) is 30.5 Å². The fourth-order valence-electron chi connectivity index (χ4n) is 1.04. The Labute approximate surface area is 96.5 Å². The Balaban J connectivity index is 2.09. The summed E-state index contributed by atoms with van der Waals surface area (Å²) in [5.41, 5.74) is 0.177. The third kappa shape index (κ3) is 2.68. The molecule has 0 aliphatic rings. The molecule has 0 atom stereocenters. The van der Waals surface area contributed by atoms with Crippen molar-refractivity contribution in [3.8, 4) is 0 Å². The molecule has 2 heterocycles. The fraction of sp³-hybridized carbons (Fsp3) is 0.111. The van der Waals surface area contributed by atoms with Crippen molar-refractivity contribution in [1.82, 2.24) is 25.1 Å². The number of nitrogens with zero attached hydrogens (tertiary/aromatic N) is 5. The smallest absolute Gasteiger partial charge is 0.278 e. The molecule has 0 unspecified atom stereocenters. The van der Waals surface area contributed by atoms with Crippen LogP contribution in [0.5, 0.6) is 0 Å². The van der Waals surface area contributed by atoms with Crippen LogP contribution in [0.4, 0.5) is 11.8 Å². The molecular formula is C9H9N7O. The molecular weight excluding hydrogens is 222 g/mol. The van der Waals surface area contributed by atoms with Crippen molar-refractivity contribution in [2.75, 3.05) is 17.7 Å². The predicted molar refractivity (Wildman–Crippen MR) is 59.4 cm³/mol. The number of nitrogens with one attached hydrogen (secondary N) is 2. The summed E-state index contributed by atoms with van der Waals surface area (Å²) in [7, 11) is 1.72. The van der Waals surface area contributed by atoms with Gasteiger partial charge in [-0.15, -0.1) is 5.10 Å². The average molecular weight is 231 g/mol. The first-order chi connectivity index (χ1) is 8.29. The highest BCUT2D eigenvalue weighted by Gasteiger charge is 2.09. The van der Waals surface area contributed by atoms with Gasteiger partial charge in [-0.05, 0) is 0 Å². The van der Waals surface area contributed by atoms with Crippen molar-refractivity contribution in [1.29, 1.82) is 0 Å². The Kier molecular flexibility index (Phi) is 3.15. The first-order valence-corrected chi connectivity index (χ1v) is 4.74. The highest BCUT2D eigenvalue weighted by atomic mass is 16.2. The molecule has 0 aliphatic carbocycles. The van der Waals surface area contributed by atoms with Crippen LogP contribution < -0.4 is 10.6 Å². The van der Waals surface area contributed by atoms with Gasteiger partial charge in [0.05, 0.1) is 24.8 Å². The van der Waals surface area contributed by atoms with Crippen molar-refractivity contribution >= 4 is 17.7 Å². The van der Waals surface area contributed by atoms with Crippen LogP contribution in [0.3, 0.4) is 0 Å². The monoisotopic (exact) mass is 231 g/mol. The van der Waals surface area contributed by atoms with Gasteiger partial charge >= 0.3 is 0 Å². The van der Waals surface area contributed by atoms with Crippen LogP contribution in [0.15, 0.2) is 24.8 Å². The second-order valence-corrected chi connectivity index (χ2v) is 2.96. The zero-order valence-corrected chi connectivity index (χ0v) is 8.95. The molecule has 17 heavy (non-hydrogen) atoms. The number of hydrogen-bond acceptors (Lipinski definition) is 7. The molecule has 8 heteroatoms. The van der Waals surface area contributed by atoms with E-state index in [2.05, 4.69) is 35.8 Å². The first-order valence-electron chi connectivity index (χ1n) is 4.74. The lowest BCUT2D eigenvalue weighted by atomic mass is 10.4. The van der Waals surface area contributed by atoms with Crippen molar-refractivity contribution in [3.63, 3.8) is 0 Å². The summed E-state index contributed by atoms with van der Waals surface area (Å²) >= 11 is 0. The molecule has 0 radical (unpaired) electrons. The molecule has 0 bridgehead atoms. The largest absolute Gasteiger partial charge is 0.372 e. The lowest BCUT2D eigenvalue weighted by molar-refractivity contribution is 0.102. The summed E-state index contributed by atoms with van der Waals surface area (Å²) in [5, 5.41) is 12.5. The molecule has 2 aromatic heterocycles. The summed E-state index contributed by atoms with van der Waals surface area (Å²) in [6.07, 6.45) is 5.66. The van der Waals surface area contributed by atoms with E-state index < -0.39 is 5.91 Å². The highest BCUT2D eigenvalue weighted by Crippen LogP contribution is 2.02. The molecule has 0 spiro atoms. The van der Waals surface area contributed by atoms with Crippen molar-refractivity contribution in [2.45, 2.75) is 0 Å². The van der Waals surface area contributed by atoms with Gasteiger partial charge in [-0.25, -0.2) is 15.0 Å². The average Bonchev–Trinajstić information content (AvgIpc) is 2.40. The number of hydrogen-bond donors (Lipinski definition) is 2. The maximum absolute atomic E-state index is 11.7. The zero-order chi connectivity index (χ0) is 12.1. The number of carbonyl (C=O) groups excluding carboxylic acids is 1. The SMILES string of the molecule is CNc1cnc(C(=O)Nc2nccnn2)cn1. The van der Waals surface area contributed by atoms with E-state index in [4.69, 9.17) is 0 Å². The normalized spacial score (nSPS) is 9.71. The van der Waals surface area contributed by atoms with Gasteiger partial charge in [0.1, 0.15) is 11.5 Å². The highest BCUT2D eigenvalue weighted by molar-refractivity contribution is 6.01. The van der Waals surface area contributed by atoms with E-state index in [9.17, 15) is 4.79 Å². The Morgan fingerprint density at radius 2 is 2.06 bits per heavy atom. The third-order valence-electron chi connectivity index (χ3n) is 1.85. The second-order valence-electron chi connectivity index (χ2n) is 2.96. The number of rotatable bonds is 3. The van der Waals surface area contributed by atoms with Crippen LogP contribution in [-0.2, 0) is 0 Å². The maximum Gasteiger partial charge on any atom is 0.278 e. The van der Waals surface area contributed by atoms with Gasteiger partial charge in [0, 0.05) is 7.05 Å². The van der Waals surface area contributed by atoms with E-state index >= 15 is 0 Å². The van der Waals surface area contributed by atoms with Crippen LogP contribution in [0.25, 0.3) is 0 Å². The van der Waals surface area contributed by atoms with Gasteiger partial charge in [0.15, 0.2) is 0 Å². The minimum absolute atomic E-state index is 0.122. The van der Waals surface area contributed by atoms with E-state index in [0.717, 1.165) is 0 Å². The second kappa shape index (κ2) is 4.92. The summed E-state index contributed by atoms with van der Waals surface area (Å²) in [4.78, 5) is 23.4. The van der Waals surface area contributed by atoms with Crippen LogP contribution in [-0.4, -0.2) is 38.1 Å². The molecule has 2 aromatic rings. The molecule has 1 amide bonds. The van der Waals surface area contributed by atoms with E-state index in [1.165, 1.54) is 24.8 Å². The predicted octanol–water partition coefficient (Wildman–Crippen LogP) is -0.0444. The van der Waals surface area contributed by atoms with E-state index in [1.807, 2.05) is 0 Å². The first kappa shape index (κ1) is 10.9. The minimum Gasteiger partial charge on any atom is -0.372 e. The van der Waals surface area contributed by atoms with Crippen LogP contribution in [0, 0.1) is 0 Å². The van der Waals surface area contributed by atoms with Gasteiger partial charge in [-0.1, -0.05) is 0 Å². The number of aromatic nitrogens is 5. The molecule has 0 saturated carbocycles. The molecule has 2 rings (SSSR count). The minimum atomic E-state index is -0.437. The maximum atomic E-state index is 11.7. The summed E-state index contributed by atoms with van der Waals surface area (Å²) in [6, 6.07) is 0. The number of carbonyl (C=O) groups is 1. The van der Waals surface area contributed by atoms with Crippen LogP contribution in [0.2, 0.25) is 0 Å².